The molecule has 24 nitrogen and oxygen atoms in total. The lowest BCUT2D eigenvalue weighted by Crippen LogP contribution is -2.46. The van der Waals surface area contributed by atoms with Gasteiger partial charge >= 0.3 is 11.9 Å². The maximum atomic E-state index is 13.4. The average Bonchev–Trinajstić information content (AvgIpc) is 1.60. The van der Waals surface area contributed by atoms with Gasteiger partial charge in [-0.25, -0.2) is 45.4 Å². The van der Waals surface area contributed by atoms with Crippen LogP contribution in [0.2, 0.25) is 0 Å². The van der Waals surface area contributed by atoms with E-state index in [0.717, 1.165) is 88.3 Å². The molecule has 2 aliphatic heterocycles. The van der Waals surface area contributed by atoms with Gasteiger partial charge < -0.3 is 30.3 Å². The average molecular weight is 1480 g/mol. The van der Waals surface area contributed by atoms with Crippen molar-refractivity contribution in [2.24, 2.45) is 35.5 Å². The molecule has 2 unspecified atom stereocenters. The molecular formula is C80H94N10O14S2. The lowest BCUT2D eigenvalue weighted by atomic mass is 9.71. The van der Waals surface area contributed by atoms with Crippen LogP contribution in [0.5, 0.6) is 0 Å². The van der Waals surface area contributed by atoms with E-state index in [4.69, 9.17) is 4.74 Å². The zero-order chi connectivity index (χ0) is 75.5. The van der Waals surface area contributed by atoms with E-state index in [9.17, 15) is 60.3 Å². The highest BCUT2D eigenvalue weighted by Gasteiger charge is 2.44. The predicted molar refractivity (Wildman–Crippen MR) is 397 cm³/mol. The molecule has 4 aromatic carbocycles. The Hall–Kier alpha value is -9.82. The summed E-state index contributed by atoms with van der Waals surface area (Å²) in [6.45, 7) is 6.02. The second kappa shape index (κ2) is 34.2. The van der Waals surface area contributed by atoms with E-state index < -0.39 is 106 Å². The third kappa shape index (κ3) is 19.1. The lowest BCUT2D eigenvalue weighted by Gasteiger charge is -2.35. The minimum absolute atomic E-state index is 0.0193. The number of aromatic nitrogens is 4. The number of hydrogen-bond acceptors (Lipinski definition) is 17. The van der Waals surface area contributed by atoms with Gasteiger partial charge in [0, 0.05) is 60.1 Å². The van der Waals surface area contributed by atoms with Crippen molar-refractivity contribution in [2.45, 2.75) is 166 Å². The SMILES string of the molecule is CCC1CCC(C2CC=C(c3cnc(-c4ccc(CN(CC(=O)O)C(=O)CNC(=O)CN5C(=O)c6ccccc6S5(=O)=O)cc4)nc3)CC2)CC1.CCC1CCC(C2CC=C(c3cnc(-c4ccc(CN(CC(=O)OC(C)(C)C)C(=O)CNC(=O)CN5C(=O)c6ccccc6S5(=O)=O)cc4)nc3)CC2)CC1. The molecule has 6 aromatic rings. The summed E-state index contributed by atoms with van der Waals surface area (Å²) in [7, 11) is -8.41. The number of rotatable bonds is 24. The highest BCUT2D eigenvalue weighted by molar-refractivity contribution is 7.90. The Balaban J connectivity index is 0.000000212. The molecule has 4 heterocycles. The van der Waals surface area contributed by atoms with E-state index in [-0.39, 0.29) is 40.6 Å². The first-order valence-electron chi connectivity index (χ1n) is 36.8. The van der Waals surface area contributed by atoms with Gasteiger partial charge in [-0.2, -0.15) is 0 Å². The Labute approximate surface area is 620 Å². The van der Waals surface area contributed by atoms with Gasteiger partial charge in [0.05, 0.1) is 24.2 Å². The van der Waals surface area contributed by atoms with Gasteiger partial charge in [0.2, 0.25) is 23.6 Å². The van der Waals surface area contributed by atoms with Crippen molar-refractivity contribution in [3.8, 4) is 22.8 Å². The summed E-state index contributed by atoms with van der Waals surface area (Å²) in [4.78, 5) is 122. The standard InChI is InChI=1S/C42H51N5O7S.C38H43N5O7S/c1-5-28-10-14-30(15-11-28)31-18-20-32(21-19-31)34-22-44-40(45-23-34)33-16-12-29(13-17-33)25-46(27-39(50)54-42(2,3)4)38(49)24-43-37(48)26-47-41(51)35-8-6-7-9-36(35)55(47,52)53;1-2-25-7-11-27(12-8-25)28-15-17-29(18-16-28)31-19-40-37(41-20-31)30-13-9-26(10-14-30)22-42(24-36(46)47)35(45)21-39-34(44)23-43-38(48)32-5-3-4-6-33(32)51(43,49)50/h6-9,12-13,16-17,20,22-23,28,30-31H,5,10-11,14-15,18-19,21,24-27H2,1-4H3,(H,43,48);3-6,9-10,13-14,17,19-20,25,27-28H,2,7-8,11-12,15-16,18,21-24H2,1H3,(H,39,44)(H,46,47). The molecule has 106 heavy (non-hydrogen) atoms. The first-order chi connectivity index (χ1) is 50.7. The quantitative estimate of drug-likeness (QED) is 0.0474. The van der Waals surface area contributed by atoms with Crippen LogP contribution >= 0.6 is 0 Å². The second-order valence-electron chi connectivity index (χ2n) is 29.5. The van der Waals surface area contributed by atoms with E-state index in [1.54, 1.807) is 45.0 Å². The first-order valence-corrected chi connectivity index (χ1v) is 39.7. The monoisotopic (exact) mass is 1480 g/mol. The fraction of sp³-hybridized carbons (Fsp3) is 0.450. The molecule has 0 saturated heterocycles. The Morgan fingerprint density at radius 3 is 1.23 bits per heavy atom. The minimum atomic E-state index is -4.20. The number of nitrogens with zero attached hydrogens (tertiary/aromatic N) is 8. The largest absolute Gasteiger partial charge is 0.480 e. The molecule has 26 heteroatoms. The topological polar surface area (TPSA) is 323 Å². The van der Waals surface area contributed by atoms with Crippen molar-refractivity contribution in [2.75, 3.05) is 39.3 Å². The van der Waals surface area contributed by atoms with E-state index in [1.807, 2.05) is 49.1 Å². The van der Waals surface area contributed by atoms with Gasteiger partial charge in [-0.1, -0.05) is 137 Å². The number of carbonyl (C=O) groups is 8. The normalized spacial score (nSPS) is 20.8. The predicted octanol–water partition coefficient (Wildman–Crippen LogP) is 11.1. The van der Waals surface area contributed by atoms with E-state index >= 15 is 0 Å². The zero-order valence-corrected chi connectivity index (χ0v) is 62.4. The lowest BCUT2D eigenvalue weighted by molar-refractivity contribution is -0.159. The molecule has 2 fully saturated rings. The van der Waals surface area contributed by atoms with Crippen LogP contribution in [0.25, 0.3) is 33.9 Å². The molecule has 4 aliphatic carbocycles. The molecule has 560 valence electrons. The number of nitrogens with one attached hydrogen (secondary N) is 2. The van der Waals surface area contributed by atoms with Crippen LogP contribution in [0.4, 0.5) is 0 Å². The van der Waals surface area contributed by atoms with Crippen LogP contribution in [0, 0.1) is 35.5 Å². The molecule has 6 aliphatic rings. The van der Waals surface area contributed by atoms with Gasteiger partial charge in [0.15, 0.2) is 11.6 Å². The number of amides is 6. The highest BCUT2D eigenvalue weighted by atomic mass is 32.2. The van der Waals surface area contributed by atoms with Crippen molar-refractivity contribution >= 4 is 78.6 Å². The number of carboxylic acids is 1. The maximum Gasteiger partial charge on any atom is 0.326 e. The number of esters is 1. The molecule has 0 bridgehead atoms. The van der Waals surface area contributed by atoms with E-state index in [2.05, 4.69) is 56.6 Å². The zero-order valence-electron chi connectivity index (χ0n) is 60.8. The Morgan fingerprint density at radius 2 is 0.887 bits per heavy atom. The Kier molecular flexibility index (Phi) is 24.9. The van der Waals surface area contributed by atoms with Crippen LogP contribution in [-0.4, -0.2) is 153 Å². The third-order valence-electron chi connectivity index (χ3n) is 21.4. The number of hydrogen-bond donors (Lipinski definition) is 3. The molecule has 12 rings (SSSR count). The van der Waals surface area contributed by atoms with Gasteiger partial charge in [-0.15, -0.1) is 0 Å². The molecular weight excluding hydrogens is 1390 g/mol. The fourth-order valence-electron chi connectivity index (χ4n) is 15.3. The van der Waals surface area contributed by atoms with Gasteiger partial charge in [0.1, 0.15) is 41.6 Å². The molecule has 2 saturated carbocycles. The Morgan fingerprint density at radius 1 is 0.509 bits per heavy atom. The molecule has 3 N–H and O–H groups in total. The summed E-state index contributed by atoms with van der Waals surface area (Å²) in [6, 6.07) is 25.8. The summed E-state index contributed by atoms with van der Waals surface area (Å²) >= 11 is 0. The van der Waals surface area contributed by atoms with Crippen LogP contribution in [-0.2, 0) is 66.6 Å². The smallest absolute Gasteiger partial charge is 0.326 e. The van der Waals surface area contributed by atoms with Crippen molar-refractivity contribution in [3.63, 3.8) is 0 Å². The number of ether oxygens (including phenoxy) is 1. The van der Waals surface area contributed by atoms with E-state index in [1.165, 1.54) is 142 Å². The van der Waals surface area contributed by atoms with Crippen LogP contribution in [0.15, 0.2) is 144 Å². The van der Waals surface area contributed by atoms with Crippen LogP contribution < -0.4 is 10.6 Å². The van der Waals surface area contributed by atoms with Crippen LogP contribution in [0.1, 0.15) is 180 Å². The van der Waals surface area contributed by atoms with Crippen molar-refractivity contribution < 1.29 is 65.0 Å². The van der Waals surface area contributed by atoms with Gasteiger partial charge in [-0.05, 0) is 167 Å². The van der Waals surface area contributed by atoms with Crippen molar-refractivity contribution in [3.05, 3.63) is 167 Å². The van der Waals surface area contributed by atoms with E-state index in [0.29, 0.717) is 31.4 Å². The highest BCUT2D eigenvalue weighted by Crippen LogP contribution is 2.44. The summed E-state index contributed by atoms with van der Waals surface area (Å²) in [6.07, 6.45) is 32.6. The first kappa shape index (κ1) is 77.3. The summed E-state index contributed by atoms with van der Waals surface area (Å²) in [5.74, 6) is -0.342. The number of carbonyl (C=O) groups excluding carboxylic acids is 7. The molecule has 0 radical (unpaired) electrons. The van der Waals surface area contributed by atoms with Gasteiger partial charge in [-0.3, -0.25) is 38.4 Å². The minimum Gasteiger partial charge on any atom is -0.480 e. The van der Waals surface area contributed by atoms with Crippen LogP contribution in [0.3, 0.4) is 0 Å². The summed E-state index contributed by atoms with van der Waals surface area (Å²) < 4.78 is 57.6. The summed E-state index contributed by atoms with van der Waals surface area (Å²) in [5.41, 5.74) is 6.78. The number of allylic oxidation sites excluding steroid dienone is 4. The van der Waals surface area contributed by atoms with Gasteiger partial charge in [0.25, 0.3) is 31.9 Å². The molecule has 2 atom stereocenters. The number of aliphatic carboxylic acids is 1. The second-order valence-corrected chi connectivity index (χ2v) is 33.2. The fourth-order valence-corrected chi connectivity index (χ4v) is 18.4. The molecule has 2 aromatic heterocycles. The number of benzene rings is 4. The number of fused-ring (bicyclic) bond motifs is 2. The van der Waals surface area contributed by atoms with Crippen molar-refractivity contribution in [1.29, 1.82) is 0 Å². The van der Waals surface area contributed by atoms with Crippen molar-refractivity contribution in [1.82, 2.24) is 49.0 Å². The molecule has 0 spiro atoms. The molecule has 6 amide bonds. The maximum absolute atomic E-state index is 13.4. The number of sulfonamides is 2. The number of carboxylic acid groups (broad SMARTS) is 1. The third-order valence-corrected chi connectivity index (χ3v) is 25.0. The summed E-state index contributed by atoms with van der Waals surface area (Å²) in [5, 5.41) is 14.1. The Bertz CT molecular complexity index is 4530.